The monoisotopic (exact) mass is 234 g/mol. The lowest BCUT2D eigenvalue weighted by atomic mass is 10.3. The van der Waals surface area contributed by atoms with Gasteiger partial charge in [0.15, 0.2) is 0 Å². The van der Waals surface area contributed by atoms with Crippen LogP contribution in [-0.2, 0) is 11.3 Å². The van der Waals surface area contributed by atoms with E-state index in [4.69, 9.17) is 0 Å². The summed E-state index contributed by atoms with van der Waals surface area (Å²) < 4.78 is 0. The maximum absolute atomic E-state index is 11.5. The second-order valence-corrected chi connectivity index (χ2v) is 4.67. The Labute approximate surface area is 101 Å². The molecule has 0 radical (unpaired) electrons. The minimum absolute atomic E-state index is 0.123. The molecule has 1 aromatic heterocycles. The number of carbonyl (C=O) groups is 1. The van der Waals surface area contributed by atoms with Crippen LogP contribution in [0.25, 0.3) is 0 Å². The number of anilines is 1. The molecule has 17 heavy (non-hydrogen) atoms. The molecule has 0 saturated heterocycles. The van der Waals surface area contributed by atoms with Crippen molar-refractivity contribution in [3.05, 3.63) is 18.0 Å². The molecule has 0 atom stereocenters. The lowest BCUT2D eigenvalue weighted by Crippen LogP contribution is -2.24. The third-order valence-corrected chi connectivity index (χ3v) is 2.74. The van der Waals surface area contributed by atoms with E-state index in [-0.39, 0.29) is 5.91 Å². The predicted molar refractivity (Wildman–Crippen MR) is 65.5 cm³/mol. The highest BCUT2D eigenvalue weighted by molar-refractivity contribution is 5.76. The summed E-state index contributed by atoms with van der Waals surface area (Å²) in [5.41, 5.74) is 0.841. The number of aromatic nitrogens is 2. The van der Waals surface area contributed by atoms with E-state index < -0.39 is 0 Å². The van der Waals surface area contributed by atoms with Crippen molar-refractivity contribution in [2.24, 2.45) is 5.92 Å². The molecule has 5 heteroatoms. The topological polar surface area (TPSA) is 58.1 Å². The molecule has 1 heterocycles. The highest BCUT2D eigenvalue weighted by Gasteiger charge is 2.24. The van der Waals surface area contributed by atoms with Crippen LogP contribution in [0.1, 0.15) is 25.0 Å². The number of nitrogens with one attached hydrogen (secondary N) is 1. The first-order valence-corrected chi connectivity index (χ1v) is 5.91. The highest BCUT2D eigenvalue weighted by Crippen LogP contribution is 2.32. The normalized spacial score (nSPS) is 14.5. The van der Waals surface area contributed by atoms with Gasteiger partial charge in [0.05, 0.1) is 12.2 Å². The van der Waals surface area contributed by atoms with Gasteiger partial charge >= 0.3 is 0 Å². The Balaban J connectivity index is 1.84. The molecule has 0 unspecified atom stereocenters. The predicted octanol–water partition coefficient (Wildman–Crippen LogP) is 0.959. The van der Waals surface area contributed by atoms with Gasteiger partial charge in [0.25, 0.3) is 0 Å². The summed E-state index contributed by atoms with van der Waals surface area (Å²) in [6.45, 7) is 0.481. The van der Waals surface area contributed by atoms with E-state index in [9.17, 15) is 4.79 Å². The van der Waals surface area contributed by atoms with E-state index in [0.29, 0.717) is 24.8 Å². The van der Waals surface area contributed by atoms with Crippen LogP contribution in [-0.4, -0.2) is 30.0 Å². The molecule has 5 nitrogen and oxygen atoms in total. The molecule has 0 spiro atoms. The van der Waals surface area contributed by atoms with Crippen molar-refractivity contribution in [1.82, 2.24) is 15.3 Å². The zero-order valence-electron chi connectivity index (χ0n) is 10.3. The molecular formula is C12H18N4O. The van der Waals surface area contributed by atoms with Crippen LogP contribution in [0.5, 0.6) is 0 Å². The number of amides is 1. The largest absolute Gasteiger partial charge is 0.350 e. The summed E-state index contributed by atoms with van der Waals surface area (Å²) in [7, 11) is 3.79. The van der Waals surface area contributed by atoms with E-state index in [2.05, 4.69) is 15.3 Å². The fourth-order valence-corrected chi connectivity index (χ4v) is 1.54. The van der Waals surface area contributed by atoms with Gasteiger partial charge in [0.2, 0.25) is 11.9 Å². The van der Waals surface area contributed by atoms with Crippen molar-refractivity contribution in [3.63, 3.8) is 0 Å². The Morgan fingerprint density at radius 1 is 1.53 bits per heavy atom. The standard InChI is InChI=1S/C12H18N4O/c1-16(2)12-13-6-5-10(15-12)8-14-11(17)7-9-3-4-9/h5-6,9H,3-4,7-8H2,1-2H3,(H,14,17). The fourth-order valence-electron chi connectivity index (χ4n) is 1.54. The van der Waals surface area contributed by atoms with Crippen LogP contribution in [0, 0.1) is 5.92 Å². The molecule has 1 amide bonds. The van der Waals surface area contributed by atoms with Crippen molar-refractivity contribution in [2.45, 2.75) is 25.8 Å². The van der Waals surface area contributed by atoms with Crippen molar-refractivity contribution in [3.8, 4) is 0 Å². The van der Waals surface area contributed by atoms with Crippen LogP contribution >= 0.6 is 0 Å². The molecule has 1 saturated carbocycles. The molecular weight excluding hydrogens is 216 g/mol. The number of hydrogen-bond acceptors (Lipinski definition) is 4. The van der Waals surface area contributed by atoms with E-state index in [0.717, 1.165) is 5.69 Å². The van der Waals surface area contributed by atoms with Gasteiger partial charge in [-0.25, -0.2) is 9.97 Å². The first-order chi connectivity index (χ1) is 8.15. The Kier molecular flexibility index (Phi) is 3.56. The zero-order valence-corrected chi connectivity index (χ0v) is 10.3. The third-order valence-electron chi connectivity index (χ3n) is 2.74. The molecule has 1 N–H and O–H groups in total. The lowest BCUT2D eigenvalue weighted by Gasteiger charge is -2.11. The van der Waals surface area contributed by atoms with Crippen molar-refractivity contribution < 1.29 is 4.79 Å². The molecule has 1 aromatic rings. The summed E-state index contributed by atoms with van der Waals surface area (Å²) >= 11 is 0. The van der Waals surface area contributed by atoms with Crippen LogP contribution in [0.15, 0.2) is 12.3 Å². The minimum Gasteiger partial charge on any atom is -0.350 e. The second kappa shape index (κ2) is 5.12. The zero-order chi connectivity index (χ0) is 12.3. The van der Waals surface area contributed by atoms with Gasteiger partial charge in [-0.15, -0.1) is 0 Å². The van der Waals surface area contributed by atoms with Gasteiger partial charge < -0.3 is 10.2 Å². The van der Waals surface area contributed by atoms with E-state index in [1.807, 2.05) is 25.1 Å². The molecule has 1 aliphatic rings. The van der Waals surface area contributed by atoms with Gasteiger partial charge in [0, 0.05) is 26.7 Å². The second-order valence-electron chi connectivity index (χ2n) is 4.67. The number of carbonyl (C=O) groups excluding carboxylic acids is 1. The fraction of sp³-hybridized carbons (Fsp3) is 0.583. The molecule has 1 aliphatic carbocycles. The number of nitrogens with zero attached hydrogens (tertiary/aromatic N) is 3. The molecule has 2 rings (SSSR count). The Bertz CT molecular complexity index is 401. The van der Waals surface area contributed by atoms with Crippen LogP contribution in [0.2, 0.25) is 0 Å². The van der Waals surface area contributed by atoms with Crippen LogP contribution < -0.4 is 10.2 Å². The Morgan fingerprint density at radius 2 is 2.29 bits per heavy atom. The Morgan fingerprint density at radius 3 is 2.94 bits per heavy atom. The molecule has 0 bridgehead atoms. The third kappa shape index (κ3) is 3.69. The molecule has 0 aliphatic heterocycles. The highest BCUT2D eigenvalue weighted by atomic mass is 16.1. The summed E-state index contributed by atoms with van der Waals surface area (Å²) in [5.74, 6) is 1.41. The summed E-state index contributed by atoms with van der Waals surface area (Å²) in [5, 5.41) is 2.89. The Hall–Kier alpha value is -1.65. The van der Waals surface area contributed by atoms with Crippen molar-refractivity contribution in [1.29, 1.82) is 0 Å². The van der Waals surface area contributed by atoms with Crippen LogP contribution in [0.4, 0.5) is 5.95 Å². The maximum Gasteiger partial charge on any atom is 0.225 e. The molecule has 1 fully saturated rings. The summed E-state index contributed by atoms with van der Waals surface area (Å²) in [6.07, 6.45) is 4.77. The van der Waals surface area contributed by atoms with E-state index >= 15 is 0 Å². The molecule has 0 aromatic carbocycles. The van der Waals surface area contributed by atoms with Gasteiger partial charge in [-0.05, 0) is 24.8 Å². The smallest absolute Gasteiger partial charge is 0.225 e. The summed E-state index contributed by atoms with van der Waals surface area (Å²) in [6, 6.07) is 1.82. The van der Waals surface area contributed by atoms with Crippen molar-refractivity contribution in [2.75, 3.05) is 19.0 Å². The average Bonchev–Trinajstić information content (AvgIpc) is 3.11. The van der Waals surface area contributed by atoms with E-state index in [1.54, 1.807) is 6.20 Å². The maximum atomic E-state index is 11.5. The van der Waals surface area contributed by atoms with Crippen molar-refractivity contribution >= 4 is 11.9 Å². The quantitative estimate of drug-likeness (QED) is 0.824. The van der Waals surface area contributed by atoms with E-state index in [1.165, 1.54) is 12.8 Å². The first kappa shape index (κ1) is 11.8. The van der Waals surface area contributed by atoms with Crippen LogP contribution in [0.3, 0.4) is 0 Å². The first-order valence-electron chi connectivity index (χ1n) is 5.91. The number of hydrogen-bond donors (Lipinski definition) is 1. The SMILES string of the molecule is CN(C)c1nccc(CNC(=O)CC2CC2)n1. The van der Waals surface area contributed by atoms with Gasteiger partial charge in [-0.3, -0.25) is 4.79 Å². The van der Waals surface area contributed by atoms with Gasteiger partial charge in [-0.1, -0.05) is 0 Å². The number of rotatable bonds is 5. The minimum atomic E-state index is 0.123. The summed E-state index contributed by atoms with van der Waals surface area (Å²) in [4.78, 5) is 21.8. The van der Waals surface area contributed by atoms with Gasteiger partial charge in [-0.2, -0.15) is 0 Å². The lowest BCUT2D eigenvalue weighted by molar-refractivity contribution is -0.121. The molecule has 92 valence electrons. The van der Waals surface area contributed by atoms with Gasteiger partial charge in [0.1, 0.15) is 0 Å². The average molecular weight is 234 g/mol.